The monoisotopic (exact) mass is 762 g/mol. The molecule has 0 fully saturated rings. The summed E-state index contributed by atoms with van der Waals surface area (Å²) in [7, 11) is 0. The zero-order valence-electron chi connectivity index (χ0n) is 32.4. The Morgan fingerprint density at radius 1 is 0.233 bits per heavy atom. The first-order chi connectivity index (χ1) is 29.8. The number of fused-ring (bicyclic) bond motifs is 12. The molecule has 60 heavy (non-hydrogen) atoms. The molecular formula is C58H34O2. The van der Waals surface area contributed by atoms with Gasteiger partial charge in [-0.3, -0.25) is 0 Å². The quantitative estimate of drug-likeness (QED) is 0.167. The molecule has 2 heterocycles. The summed E-state index contributed by atoms with van der Waals surface area (Å²) in [4.78, 5) is 0. The molecule has 0 unspecified atom stereocenters. The SMILES string of the molecule is c1ccc(-c2ccc(-c3c4cccc(-c5cccc6oc7ccc8ccccc8c7c56)c4cc4c(-c5cccc6oc7ccc8ccccc8c7c56)cccc34)cc2)cc1. The van der Waals surface area contributed by atoms with E-state index in [4.69, 9.17) is 8.83 Å². The zero-order valence-corrected chi connectivity index (χ0v) is 32.4. The zero-order chi connectivity index (χ0) is 39.3. The van der Waals surface area contributed by atoms with Gasteiger partial charge in [0.25, 0.3) is 0 Å². The van der Waals surface area contributed by atoms with Crippen LogP contribution in [-0.4, -0.2) is 0 Å². The summed E-state index contributed by atoms with van der Waals surface area (Å²) in [6.45, 7) is 0. The second-order valence-electron chi connectivity index (χ2n) is 15.9. The van der Waals surface area contributed by atoms with E-state index < -0.39 is 0 Å². The molecule has 0 radical (unpaired) electrons. The van der Waals surface area contributed by atoms with E-state index >= 15 is 0 Å². The van der Waals surface area contributed by atoms with Crippen LogP contribution in [0.2, 0.25) is 0 Å². The molecule has 0 aliphatic heterocycles. The molecule has 0 spiro atoms. The van der Waals surface area contributed by atoms with E-state index in [1.54, 1.807) is 0 Å². The van der Waals surface area contributed by atoms with Gasteiger partial charge in [0, 0.05) is 21.5 Å². The number of hydrogen-bond acceptors (Lipinski definition) is 2. The van der Waals surface area contributed by atoms with E-state index in [1.807, 2.05) is 0 Å². The molecule has 13 aromatic rings. The van der Waals surface area contributed by atoms with Crippen LogP contribution < -0.4 is 0 Å². The molecular weight excluding hydrogens is 729 g/mol. The molecule has 278 valence electrons. The first-order valence-electron chi connectivity index (χ1n) is 20.6. The summed E-state index contributed by atoms with van der Waals surface area (Å²) in [5.41, 5.74) is 13.0. The van der Waals surface area contributed by atoms with Gasteiger partial charge < -0.3 is 8.83 Å². The Bertz CT molecular complexity index is 3650. The maximum atomic E-state index is 6.61. The Morgan fingerprint density at radius 3 is 1.20 bits per heavy atom. The Balaban J connectivity index is 1.15. The average Bonchev–Trinajstić information content (AvgIpc) is 3.90. The van der Waals surface area contributed by atoms with Crippen LogP contribution in [-0.2, 0) is 0 Å². The molecule has 2 nitrogen and oxygen atoms in total. The van der Waals surface area contributed by atoms with Crippen LogP contribution in [0.3, 0.4) is 0 Å². The minimum Gasteiger partial charge on any atom is -0.456 e. The molecule has 0 aliphatic carbocycles. The van der Waals surface area contributed by atoms with Crippen molar-refractivity contribution < 1.29 is 8.83 Å². The van der Waals surface area contributed by atoms with Crippen molar-refractivity contribution in [3.63, 3.8) is 0 Å². The van der Waals surface area contributed by atoms with E-state index in [0.29, 0.717) is 0 Å². The van der Waals surface area contributed by atoms with E-state index in [0.717, 1.165) is 55.0 Å². The van der Waals surface area contributed by atoms with Gasteiger partial charge in [0.1, 0.15) is 22.3 Å². The highest BCUT2D eigenvalue weighted by Crippen LogP contribution is 2.48. The molecule has 0 aliphatic rings. The Hall–Kier alpha value is -7.94. The van der Waals surface area contributed by atoms with Crippen molar-refractivity contribution >= 4 is 87.0 Å². The fraction of sp³-hybridized carbons (Fsp3) is 0. The van der Waals surface area contributed by atoms with E-state index in [2.05, 4.69) is 206 Å². The molecule has 2 aromatic heterocycles. The molecule has 0 saturated heterocycles. The topological polar surface area (TPSA) is 26.3 Å². The van der Waals surface area contributed by atoms with Gasteiger partial charge in [0.05, 0.1) is 0 Å². The van der Waals surface area contributed by atoms with Crippen LogP contribution in [0.15, 0.2) is 215 Å². The summed E-state index contributed by atoms with van der Waals surface area (Å²) in [5.74, 6) is 0. The van der Waals surface area contributed by atoms with Crippen molar-refractivity contribution in [1.29, 1.82) is 0 Å². The van der Waals surface area contributed by atoms with Gasteiger partial charge in [-0.1, -0.05) is 176 Å². The average molecular weight is 763 g/mol. The third-order valence-corrected chi connectivity index (χ3v) is 12.7. The predicted octanol–water partition coefficient (Wildman–Crippen LogP) is 16.8. The van der Waals surface area contributed by atoms with Gasteiger partial charge in [-0.15, -0.1) is 0 Å². The van der Waals surface area contributed by atoms with Crippen molar-refractivity contribution in [3.05, 3.63) is 206 Å². The van der Waals surface area contributed by atoms with Crippen LogP contribution in [0.1, 0.15) is 0 Å². The van der Waals surface area contributed by atoms with Gasteiger partial charge in [0.2, 0.25) is 0 Å². The highest BCUT2D eigenvalue weighted by atomic mass is 16.3. The minimum atomic E-state index is 0.889. The maximum Gasteiger partial charge on any atom is 0.136 e. The Morgan fingerprint density at radius 2 is 0.650 bits per heavy atom. The first kappa shape index (κ1) is 33.1. The summed E-state index contributed by atoms with van der Waals surface area (Å²) >= 11 is 0. The summed E-state index contributed by atoms with van der Waals surface area (Å²) in [6, 6.07) is 74.6. The van der Waals surface area contributed by atoms with Crippen LogP contribution >= 0.6 is 0 Å². The second-order valence-corrected chi connectivity index (χ2v) is 15.9. The number of benzene rings is 11. The van der Waals surface area contributed by atoms with Crippen molar-refractivity contribution in [2.45, 2.75) is 0 Å². The van der Waals surface area contributed by atoms with Gasteiger partial charge in [0.15, 0.2) is 0 Å². The number of furan rings is 2. The molecule has 0 saturated carbocycles. The van der Waals surface area contributed by atoms with E-state index in [-0.39, 0.29) is 0 Å². The number of hydrogen-bond donors (Lipinski definition) is 0. The third kappa shape index (κ3) is 4.82. The summed E-state index contributed by atoms with van der Waals surface area (Å²) in [5, 5.41) is 14.2. The highest BCUT2D eigenvalue weighted by Gasteiger charge is 2.22. The largest absolute Gasteiger partial charge is 0.456 e. The molecule has 0 amide bonds. The van der Waals surface area contributed by atoms with E-state index in [9.17, 15) is 0 Å². The normalized spacial score (nSPS) is 12.0. The lowest BCUT2D eigenvalue weighted by atomic mass is 9.85. The maximum absolute atomic E-state index is 6.61. The van der Waals surface area contributed by atoms with Gasteiger partial charge in [-0.25, -0.2) is 0 Å². The number of rotatable bonds is 4. The van der Waals surface area contributed by atoms with Crippen LogP contribution in [0, 0.1) is 0 Å². The molecule has 0 atom stereocenters. The molecule has 0 bridgehead atoms. The Kier molecular flexibility index (Phi) is 7.05. The smallest absolute Gasteiger partial charge is 0.136 e. The third-order valence-electron chi connectivity index (χ3n) is 12.7. The molecule has 2 heteroatoms. The predicted molar refractivity (Wildman–Crippen MR) is 253 cm³/mol. The van der Waals surface area contributed by atoms with Crippen molar-refractivity contribution in [2.24, 2.45) is 0 Å². The standard InChI is InChI=1S/C58H34O2/c1-2-12-35(13-3-1)36-26-28-39(29-27-36)54-46-20-8-18-42(44-22-10-24-50-57(44)55-40-16-6-4-14-37(40)30-32-52(55)59-50)48(46)34-49-43(19-9-21-47(49)54)45-23-11-25-51-58(45)56-41-17-7-5-15-38(41)31-33-53(56)60-51/h1-34H. The highest BCUT2D eigenvalue weighted by molar-refractivity contribution is 6.28. The fourth-order valence-corrected chi connectivity index (χ4v) is 10.0. The van der Waals surface area contributed by atoms with Gasteiger partial charge in [-0.05, 0) is 118 Å². The van der Waals surface area contributed by atoms with Crippen molar-refractivity contribution in [1.82, 2.24) is 0 Å². The van der Waals surface area contributed by atoms with Gasteiger partial charge >= 0.3 is 0 Å². The fourth-order valence-electron chi connectivity index (χ4n) is 10.0. The van der Waals surface area contributed by atoms with Crippen LogP contribution in [0.25, 0.3) is 131 Å². The van der Waals surface area contributed by atoms with Gasteiger partial charge in [-0.2, -0.15) is 0 Å². The summed E-state index contributed by atoms with van der Waals surface area (Å²) < 4.78 is 13.2. The minimum absolute atomic E-state index is 0.889. The summed E-state index contributed by atoms with van der Waals surface area (Å²) in [6.07, 6.45) is 0. The van der Waals surface area contributed by atoms with Crippen molar-refractivity contribution in [2.75, 3.05) is 0 Å². The van der Waals surface area contributed by atoms with Crippen molar-refractivity contribution in [3.8, 4) is 44.5 Å². The first-order valence-corrected chi connectivity index (χ1v) is 20.6. The lowest BCUT2D eigenvalue weighted by Crippen LogP contribution is -1.91. The van der Waals surface area contributed by atoms with Crippen LogP contribution in [0.5, 0.6) is 0 Å². The second kappa shape index (κ2) is 12.8. The molecule has 11 aromatic carbocycles. The van der Waals surface area contributed by atoms with Crippen LogP contribution in [0.4, 0.5) is 0 Å². The lowest BCUT2D eigenvalue weighted by Gasteiger charge is -2.18. The van der Waals surface area contributed by atoms with E-state index in [1.165, 1.54) is 76.5 Å². The Labute approximate surface area is 345 Å². The molecule has 0 N–H and O–H groups in total. The lowest BCUT2D eigenvalue weighted by molar-refractivity contribution is 0.669. The molecule has 13 rings (SSSR count).